The SMILES string of the molecule is CN=C(NCc1ccn(C)c1)NCC1(c2ccc(OC)c(OC)c2)CCCCC1.I. The molecule has 3 rings (SSSR count). The molecule has 2 N–H and O–H groups in total. The highest BCUT2D eigenvalue weighted by atomic mass is 127. The molecule has 0 unspecified atom stereocenters. The number of rotatable bonds is 7. The fourth-order valence-corrected chi connectivity index (χ4v) is 4.29. The molecule has 7 heteroatoms. The van der Waals surface area contributed by atoms with Crippen LogP contribution in [0.1, 0.15) is 43.2 Å². The Morgan fingerprint density at radius 1 is 1.07 bits per heavy atom. The zero-order chi connectivity index (χ0) is 20.7. The van der Waals surface area contributed by atoms with Crippen molar-refractivity contribution in [1.82, 2.24) is 15.2 Å². The minimum Gasteiger partial charge on any atom is -0.493 e. The second-order valence-electron chi connectivity index (χ2n) is 7.88. The Bertz CT molecular complexity index is 828. The normalized spacial score (nSPS) is 15.8. The summed E-state index contributed by atoms with van der Waals surface area (Å²) in [4.78, 5) is 4.42. The third-order valence-electron chi connectivity index (χ3n) is 5.98. The molecule has 166 valence electrons. The van der Waals surface area contributed by atoms with E-state index in [4.69, 9.17) is 9.47 Å². The van der Waals surface area contributed by atoms with Gasteiger partial charge in [0, 0.05) is 45.0 Å². The number of benzene rings is 1. The summed E-state index contributed by atoms with van der Waals surface area (Å²) in [6, 6.07) is 8.47. The van der Waals surface area contributed by atoms with E-state index in [1.165, 1.54) is 30.4 Å². The van der Waals surface area contributed by atoms with E-state index < -0.39 is 0 Å². The Morgan fingerprint density at radius 2 is 1.80 bits per heavy atom. The van der Waals surface area contributed by atoms with Crippen LogP contribution >= 0.6 is 24.0 Å². The number of aliphatic imine (C=N–C) groups is 1. The number of nitrogens with one attached hydrogen (secondary N) is 2. The van der Waals surface area contributed by atoms with Gasteiger partial charge in [-0.1, -0.05) is 25.3 Å². The molecule has 1 heterocycles. The Labute approximate surface area is 197 Å². The van der Waals surface area contributed by atoms with E-state index in [2.05, 4.69) is 50.8 Å². The van der Waals surface area contributed by atoms with E-state index in [0.717, 1.165) is 43.4 Å². The minimum absolute atomic E-state index is 0. The Morgan fingerprint density at radius 3 is 2.40 bits per heavy atom. The van der Waals surface area contributed by atoms with Gasteiger partial charge in [-0.2, -0.15) is 0 Å². The summed E-state index contributed by atoms with van der Waals surface area (Å²) in [5.41, 5.74) is 2.62. The Balaban J connectivity index is 0.00000320. The van der Waals surface area contributed by atoms with Gasteiger partial charge in [0.1, 0.15) is 0 Å². The number of hydrogen-bond donors (Lipinski definition) is 2. The van der Waals surface area contributed by atoms with Crippen LogP contribution in [-0.4, -0.2) is 38.3 Å². The third kappa shape index (κ3) is 5.83. The van der Waals surface area contributed by atoms with Crippen LogP contribution in [0.2, 0.25) is 0 Å². The maximum absolute atomic E-state index is 5.57. The molecule has 1 aromatic heterocycles. The van der Waals surface area contributed by atoms with Gasteiger partial charge < -0.3 is 24.7 Å². The zero-order valence-corrected chi connectivity index (χ0v) is 20.9. The van der Waals surface area contributed by atoms with Crippen LogP contribution in [0, 0.1) is 0 Å². The van der Waals surface area contributed by atoms with E-state index >= 15 is 0 Å². The van der Waals surface area contributed by atoms with Crippen LogP contribution in [-0.2, 0) is 19.0 Å². The maximum Gasteiger partial charge on any atom is 0.191 e. The van der Waals surface area contributed by atoms with Crippen LogP contribution in [0.4, 0.5) is 0 Å². The molecule has 6 nitrogen and oxygen atoms in total. The zero-order valence-electron chi connectivity index (χ0n) is 18.5. The van der Waals surface area contributed by atoms with Crippen molar-refractivity contribution in [2.75, 3.05) is 27.8 Å². The smallest absolute Gasteiger partial charge is 0.191 e. The Kier molecular flexibility index (Phi) is 9.33. The largest absolute Gasteiger partial charge is 0.493 e. The highest BCUT2D eigenvalue weighted by Crippen LogP contribution is 2.42. The van der Waals surface area contributed by atoms with Crippen molar-refractivity contribution in [2.45, 2.75) is 44.1 Å². The van der Waals surface area contributed by atoms with Crippen molar-refractivity contribution in [2.24, 2.45) is 12.0 Å². The molecule has 1 fully saturated rings. The van der Waals surface area contributed by atoms with E-state index in [-0.39, 0.29) is 29.4 Å². The molecular weight excluding hydrogens is 491 g/mol. The van der Waals surface area contributed by atoms with Crippen molar-refractivity contribution >= 4 is 29.9 Å². The quantitative estimate of drug-likeness (QED) is 0.322. The van der Waals surface area contributed by atoms with E-state index in [0.29, 0.717) is 0 Å². The standard InChI is InChI=1S/C23H34N4O2.HI/c1-24-22(25-15-18-10-13-27(2)16-18)26-17-23(11-6-5-7-12-23)19-8-9-20(28-3)21(14-19)29-4;/h8-10,13-14,16H,5-7,11-12,15,17H2,1-4H3,(H2,24,25,26);1H. The van der Waals surface area contributed by atoms with E-state index in [1.54, 1.807) is 14.2 Å². The molecule has 0 atom stereocenters. The highest BCUT2D eigenvalue weighted by molar-refractivity contribution is 14.0. The average Bonchev–Trinajstić information content (AvgIpc) is 3.19. The molecular formula is C23H35IN4O2. The molecule has 0 saturated heterocycles. The van der Waals surface area contributed by atoms with Gasteiger partial charge in [-0.05, 0) is 42.2 Å². The molecule has 1 aromatic carbocycles. The number of aryl methyl sites for hydroxylation is 1. The summed E-state index contributed by atoms with van der Waals surface area (Å²) in [5.74, 6) is 2.40. The Hall–Kier alpha value is -1.90. The van der Waals surface area contributed by atoms with Crippen molar-refractivity contribution in [3.05, 3.63) is 47.8 Å². The van der Waals surface area contributed by atoms with Gasteiger partial charge in [-0.15, -0.1) is 24.0 Å². The second-order valence-corrected chi connectivity index (χ2v) is 7.88. The van der Waals surface area contributed by atoms with Crippen molar-refractivity contribution in [3.8, 4) is 11.5 Å². The fraction of sp³-hybridized carbons (Fsp3) is 0.522. The van der Waals surface area contributed by atoms with Crippen LogP contribution in [0.3, 0.4) is 0 Å². The molecule has 0 bridgehead atoms. The van der Waals surface area contributed by atoms with Crippen LogP contribution in [0.5, 0.6) is 11.5 Å². The molecule has 1 aliphatic rings. The molecule has 2 aromatic rings. The monoisotopic (exact) mass is 526 g/mol. The number of nitrogens with zero attached hydrogens (tertiary/aromatic N) is 2. The van der Waals surface area contributed by atoms with E-state index in [9.17, 15) is 0 Å². The summed E-state index contributed by atoms with van der Waals surface area (Å²) in [5, 5.41) is 7.01. The highest BCUT2D eigenvalue weighted by Gasteiger charge is 2.34. The van der Waals surface area contributed by atoms with Gasteiger partial charge in [0.25, 0.3) is 0 Å². The molecule has 30 heavy (non-hydrogen) atoms. The number of methoxy groups -OCH3 is 2. The van der Waals surface area contributed by atoms with Gasteiger partial charge in [-0.25, -0.2) is 0 Å². The first-order valence-corrected chi connectivity index (χ1v) is 10.4. The molecule has 0 aliphatic heterocycles. The first kappa shape index (κ1) is 24.4. The summed E-state index contributed by atoms with van der Waals surface area (Å²) >= 11 is 0. The van der Waals surface area contributed by atoms with Gasteiger partial charge in [-0.3, -0.25) is 4.99 Å². The lowest BCUT2D eigenvalue weighted by molar-refractivity contribution is 0.288. The predicted octanol–water partition coefficient (Wildman–Crippen LogP) is 4.23. The van der Waals surface area contributed by atoms with Crippen LogP contribution in [0.25, 0.3) is 0 Å². The molecule has 0 amide bonds. The predicted molar refractivity (Wildman–Crippen MR) is 133 cm³/mol. The maximum atomic E-state index is 5.57. The molecule has 1 saturated carbocycles. The first-order chi connectivity index (χ1) is 14.1. The summed E-state index contributed by atoms with van der Waals surface area (Å²) in [6.45, 7) is 1.60. The van der Waals surface area contributed by atoms with Crippen molar-refractivity contribution in [3.63, 3.8) is 0 Å². The number of ether oxygens (including phenoxy) is 2. The second kappa shape index (κ2) is 11.5. The first-order valence-electron chi connectivity index (χ1n) is 10.4. The van der Waals surface area contributed by atoms with Gasteiger partial charge in [0.15, 0.2) is 17.5 Å². The minimum atomic E-state index is 0. The number of hydrogen-bond acceptors (Lipinski definition) is 3. The molecule has 0 spiro atoms. The molecule has 0 radical (unpaired) electrons. The summed E-state index contributed by atoms with van der Waals surface area (Å²) in [6.07, 6.45) is 10.3. The summed E-state index contributed by atoms with van der Waals surface area (Å²) in [7, 11) is 7.23. The topological polar surface area (TPSA) is 59.8 Å². The average molecular weight is 526 g/mol. The lowest BCUT2D eigenvalue weighted by atomic mass is 9.69. The number of halogens is 1. The van der Waals surface area contributed by atoms with Crippen LogP contribution in [0.15, 0.2) is 41.7 Å². The van der Waals surface area contributed by atoms with Gasteiger partial charge in [0.05, 0.1) is 14.2 Å². The van der Waals surface area contributed by atoms with Crippen LogP contribution < -0.4 is 20.1 Å². The third-order valence-corrected chi connectivity index (χ3v) is 5.98. The lowest BCUT2D eigenvalue weighted by Crippen LogP contribution is -2.46. The van der Waals surface area contributed by atoms with Gasteiger partial charge >= 0.3 is 0 Å². The fourth-order valence-electron chi connectivity index (χ4n) is 4.29. The number of aromatic nitrogens is 1. The summed E-state index contributed by atoms with van der Waals surface area (Å²) < 4.78 is 13.1. The van der Waals surface area contributed by atoms with Crippen molar-refractivity contribution < 1.29 is 9.47 Å². The van der Waals surface area contributed by atoms with Gasteiger partial charge in [0.2, 0.25) is 0 Å². The van der Waals surface area contributed by atoms with E-state index in [1.807, 2.05) is 20.2 Å². The molecule has 1 aliphatic carbocycles. The lowest BCUT2D eigenvalue weighted by Gasteiger charge is -2.38. The number of guanidine groups is 1. The van der Waals surface area contributed by atoms with Crippen molar-refractivity contribution in [1.29, 1.82) is 0 Å².